The van der Waals surface area contributed by atoms with E-state index in [-0.39, 0.29) is 6.61 Å². The van der Waals surface area contributed by atoms with Crippen LogP contribution in [0, 0.1) is 0 Å². The van der Waals surface area contributed by atoms with E-state index in [1.807, 2.05) is 24.3 Å². The van der Waals surface area contributed by atoms with Crippen LogP contribution >= 0.6 is 0 Å². The topological polar surface area (TPSA) is 54.6 Å². The monoisotopic (exact) mass is 440 g/mol. The summed E-state index contributed by atoms with van der Waals surface area (Å²) >= 11 is 0. The summed E-state index contributed by atoms with van der Waals surface area (Å²) in [5.41, 5.74) is 5.94. The molecule has 0 saturated carbocycles. The first-order chi connectivity index (χ1) is 16.2. The molecule has 1 N–H and O–H groups in total. The van der Waals surface area contributed by atoms with Crippen molar-refractivity contribution in [2.45, 2.75) is 13.1 Å². The van der Waals surface area contributed by atoms with Gasteiger partial charge in [0, 0.05) is 36.2 Å². The quantitative estimate of drug-likeness (QED) is 0.250. The summed E-state index contributed by atoms with van der Waals surface area (Å²) in [4.78, 5) is 17.1. The molecule has 0 aliphatic carbocycles. The Labute approximate surface area is 194 Å². The maximum Gasteiger partial charge on any atom is 0.508 e. The van der Waals surface area contributed by atoms with Crippen LogP contribution in [0.15, 0.2) is 97.1 Å². The van der Waals surface area contributed by atoms with E-state index in [1.165, 1.54) is 29.2 Å². The lowest BCUT2D eigenvalue weighted by Gasteiger charge is -2.21. The third kappa shape index (κ3) is 6.11. The van der Waals surface area contributed by atoms with E-state index < -0.39 is 6.16 Å². The molecule has 0 spiro atoms. The van der Waals surface area contributed by atoms with Crippen LogP contribution < -0.4 is 0 Å². The van der Waals surface area contributed by atoms with Gasteiger partial charge in [0.2, 0.25) is 0 Å². The van der Waals surface area contributed by atoms with Crippen LogP contribution in [0.4, 0.5) is 4.79 Å². The van der Waals surface area contributed by atoms with E-state index in [1.54, 1.807) is 0 Å². The molecule has 0 aliphatic heterocycles. The van der Waals surface area contributed by atoms with E-state index in [0.717, 1.165) is 30.8 Å². The Kier molecular flexibility index (Phi) is 7.56. The minimum absolute atomic E-state index is 0.194. The minimum Gasteiger partial charge on any atom is -0.438 e. The van der Waals surface area contributed by atoms with Crippen molar-refractivity contribution in [1.82, 2.24) is 9.88 Å². The highest BCUT2D eigenvalue weighted by atomic mass is 16.7. The fourth-order valence-electron chi connectivity index (χ4n) is 3.86. The number of methoxy groups -OCH3 is 1. The van der Waals surface area contributed by atoms with Crippen LogP contribution in [0.1, 0.15) is 11.1 Å². The van der Waals surface area contributed by atoms with Gasteiger partial charge in [0.1, 0.15) is 6.61 Å². The van der Waals surface area contributed by atoms with Crippen molar-refractivity contribution >= 4 is 17.1 Å². The number of H-pyrrole nitrogens is 1. The lowest BCUT2D eigenvalue weighted by Crippen LogP contribution is -2.23. The third-order valence-corrected chi connectivity index (χ3v) is 5.48. The van der Waals surface area contributed by atoms with Crippen LogP contribution in [0.5, 0.6) is 0 Å². The average molecular weight is 441 g/mol. The standard InChI is InChI=1S/C28H28N2O3/c1-32-28(31)33-18-9-8-17-30(20-22-11-4-2-5-12-22)21-24-15-10-16-26-25(24)19-27(29-26)23-13-6-3-7-14-23/h2-16,19,29H,17-18,20-21H2,1H3/b9-8+. The van der Waals surface area contributed by atoms with Gasteiger partial charge >= 0.3 is 6.16 Å². The summed E-state index contributed by atoms with van der Waals surface area (Å²) in [6.07, 6.45) is 3.20. The first-order valence-corrected chi connectivity index (χ1v) is 11.0. The van der Waals surface area contributed by atoms with Crippen molar-refractivity contribution in [3.63, 3.8) is 0 Å². The van der Waals surface area contributed by atoms with Gasteiger partial charge in [-0.05, 0) is 34.9 Å². The number of nitrogens with zero attached hydrogens (tertiary/aromatic N) is 1. The normalized spacial score (nSPS) is 11.3. The summed E-state index contributed by atoms with van der Waals surface area (Å²) in [5, 5.41) is 1.23. The van der Waals surface area contributed by atoms with Gasteiger partial charge in [-0.2, -0.15) is 0 Å². The van der Waals surface area contributed by atoms with Crippen LogP contribution in [0.2, 0.25) is 0 Å². The summed E-state index contributed by atoms with van der Waals surface area (Å²) in [6, 6.07) is 29.5. The van der Waals surface area contributed by atoms with E-state index in [0.29, 0.717) is 0 Å². The van der Waals surface area contributed by atoms with Gasteiger partial charge in [0.05, 0.1) is 7.11 Å². The predicted molar refractivity (Wildman–Crippen MR) is 132 cm³/mol. The van der Waals surface area contributed by atoms with Gasteiger partial charge in [-0.1, -0.05) is 78.9 Å². The maximum absolute atomic E-state index is 11.1. The lowest BCUT2D eigenvalue weighted by molar-refractivity contribution is 0.0817. The molecule has 0 radical (unpaired) electrons. The van der Waals surface area contributed by atoms with E-state index in [4.69, 9.17) is 4.74 Å². The first kappa shape index (κ1) is 22.4. The largest absolute Gasteiger partial charge is 0.508 e. The molecule has 4 rings (SSSR count). The molecule has 0 amide bonds. The molecule has 1 aromatic heterocycles. The zero-order chi connectivity index (χ0) is 22.9. The van der Waals surface area contributed by atoms with Crippen molar-refractivity contribution in [2.75, 3.05) is 20.3 Å². The molecule has 5 heteroatoms. The number of hydrogen-bond acceptors (Lipinski definition) is 4. The predicted octanol–water partition coefficient (Wildman–Crippen LogP) is 6.18. The smallest absolute Gasteiger partial charge is 0.438 e. The number of aromatic nitrogens is 1. The highest BCUT2D eigenvalue weighted by molar-refractivity contribution is 5.88. The van der Waals surface area contributed by atoms with Crippen LogP contribution in [0.3, 0.4) is 0 Å². The second-order valence-electron chi connectivity index (χ2n) is 7.82. The molecule has 0 bridgehead atoms. The van der Waals surface area contributed by atoms with Crippen LogP contribution in [-0.2, 0) is 22.6 Å². The molecule has 0 saturated heterocycles. The highest BCUT2D eigenvalue weighted by Crippen LogP contribution is 2.27. The maximum atomic E-state index is 11.1. The average Bonchev–Trinajstić information content (AvgIpc) is 3.30. The summed E-state index contributed by atoms with van der Waals surface area (Å²) in [7, 11) is 1.30. The van der Waals surface area contributed by atoms with Crippen molar-refractivity contribution < 1.29 is 14.3 Å². The van der Waals surface area contributed by atoms with Crippen molar-refractivity contribution in [1.29, 1.82) is 0 Å². The van der Waals surface area contributed by atoms with E-state index in [2.05, 4.69) is 87.4 Å². The molecule has 1 heterocycles. The Morgan fingerprint density at radius 3 is 2.42 bits per heavy atom. The molecular weight excluding hydrogens is 412 g/mol. The van der Waals surface area contributed by atoms with Crippen molar-refractivity contribution in [3.8, 4) is 11.3 Å². The summed E-state index contributed by atoms with van der Waals surface area (Å²) in [5.74, 6) is 0. The van der Waals surface area contributed by atoms with Gasteiger partial charge in [-0.25, -0.2) is 4.79 Å². The number of nitrogens with one attached hydrogen (secondary N) is 1. The third-order valence-electron chi connectivity index (χ3n) is 5.48. The number of ether oxygens (including phenoxy) is 2. The molecule has 0 unspecified atom stereocenters. The second kappa shape index (κ2) is 11.2. The van der Waals surface area contributed by atoms with Crippen LogP contribution in [-0.4, -0.2) is 36.3 Å². The number of hydrogen-bond donors (Lipinski definition) is 1. The number of aromatic amines is 1. The van der Waals surface area contributed by atoms with Gasteiger partial charge in [-0.15, -0.1) is 0 Å². The number of fused-ring (bicyclic) bond motifs is 1. The molecule has 168 valence electrons. The molecule has 33 heavy (non-hydrogen) atoms. The van der Waals surface area contributed by atoms with Gasteiger partial charge in [0.25, 0.3) is 0 Å². The molecule has 4 aromatic rings. The van der Waals surface area contributed by atoms with Gasteiger partial charge in [-0.3, -0.25) is 4.90 Å². The zero-order valence-electron chi connectivity index (χ0n) is 18.7. The Morgan fingerprint density at radius 2 is 1.67 bits per heavy atom. The van der Waals surface area contributed by atoms with Crippen molar-refractivity contribution in [2.24, 2.45) is 0 Å². The molecule has 0 fully saturated rings. The fourth-order valence-corrected chi connectivity index (χ4v) is 3.86. The molecule has 5 nitrogen and oxygen atoms in total. The zero-order valence-corrected chi connectivity index (χ0v) is 18.7. The highest BCUT2D eigenvalue weighted by Gasteiger charge is 2.11. The molecule has 3 aromatic carbocycles. The second-order valence-corrected chi connectivity index (χ2v) is 7.82. The van der Waals surface area contributed by atoms with Gasteiger partial charge in [0.15, 0.2) is 0 Å². The Balaban J connectivity index is 1.53. The summed E-state index contributed by atoms with van der Waals surface area (Å²) in [6.45, 7) is 2.53. The number of rotatable bonds is 9. The molecule has 0 atom stereocenters. The molecule has 0 aliphatic rings. The minimum atomic E-state index is -0.672. The Bertz CT molecular complexity index is 1200. The van der Waals surface area contributed by atoms with E-state index in [9.17, 15) is 4.79 Å². The molecular formula is C28H28N2O3. The lowest BCUT2D eigenvalue weighted by atomic mass is 10.1. The Morgan fingerprint density at radius 1 is 0.909 bits per heavy atom. The fraction of sp³-hybridized carbons (Fsp3) is 0.179. The number of benzene rings is 3. The van der Waals surface area contributed by atoms with Crippen LogP contribution in [0.25, 0.3) is 22.2 Å². The summed E-state index contributed by atoms with van der Waals surface area (Å²) < 4.78 is 9.44. The van der Waals surface area contributed by atoms with Crippen molar-refractivity contribution in [3.05, 3.63) is 108 Å². The number of carbonyl (C=O) groups excluding carboxylic acids is 1. The van der Waals surface area contributed by atoms with Gasteiger partial charge < -0.3 is 14.5 Å². The number of carbonyl (C=O) groups is 1. The van der Waals surface area contributed by atoms with E-state index >= 15 is 0 Å². The Hall–Kier alpha value is -3.83. The first-order valence-electron chi connectivity index (χ1n) is 11.0. The SMILES string of the molecule is COC(=O)OC/C=C/CN(Cc1ccccc1)Cc1cccc2[nH]c(-c3ccccc3)cc12.